The van der Waals surface area contributed by atoms with Crippen LogP contribution in [0.3, 0.4) is 0 Å². The molecule has 0 amide bonds. The van der Waals surface area contributed by atoms with Crippen molar-refractivity contribution in [2.45, 2.75) is 23.3 Å². The molecule has 0 radical (unpaired) electrons. The second-order valence-electron chi connectivity index (χ2n) is 4.16. The first kappa shape index (κ1) is 12.2. The maximum Gasteiger partial charge on any atom is 0.263 e. The summed E-state index contributed by atoms with van der Waals surface area (Å²) in [5, 5.41) is 10.8. The number of hydrogen-bond donors (Lipinski definition) is 1. The van der Waals surface area contributed by atoms with Crippen LogP contribution in [-0.4, -0.2) is 15.1 Å². The van der Waals surface area contributed by atoms with E-state index in [1.807, 2.05) is 36.4 Å². The van der Waals surface area contributed by atoms with Gasteiger partial charge in [0.2, 0.25) is 0 Å². The molecule has 1 aromatic carbocycles. The third kappa shape index (κ3) is 2.62. The van der Waals surface area contributed by atoms with Gasteiger partial charge in [-0.1, -0.05) is 18.2 Å². The summed E-state index contributed by atoms with van der Waals surface area (Å²) in [6.07, 6.45) is 1.16. The molecule has 5 heteroatoms. The van der Waals surface area contributed by atoms with E-state index in [1.54, 1.807) is 13.1 Å². The minimum absolute atomic E-state index is 0.504. The lowest BCUT2D eigenvalue weighted by molar-refractivity contribution is 0.198. The van der Waals surface area contributed by atoms with Gasteiger partial charge in [-0.15, -0.1) is 0 Å². The second-order valence-corrected chi connectivity index (χ2v) is 5.13. The lowest BCUT2D eigenvalue weighted by atomic mass is 10.2. The highest BCUT2D eigenvalue weighted by Gasteiger charge is 2.08. The Morgan fingerprint density at radius 2 is 2.05 bits per heavy atom. The Balaban J connectivity index is 1.84. The molecule has 0 saturated carbocycles. The largest absolute Gasteiger partial charge is 0.431 e. The number of rotatable bonds is 3. The fraction of sp³-hybridized carbons (Fsp3) is 0.143. The zero-order valence-corrected chi connectivity index (χ0v) is 11.1. The van der Waals surface area contributed by atoms with Crippen LogP contribution in [0.5, 0.6) is 0 Å². The van der Waals surface area contributed by atoms with Crippen LogP contribution in [-0.2, 0) is 0 Å². The Bertz CT molecular complexity index is 659. The zero-order valence-electron chi connectivity index (χ0n) is 10.3. The molecule has 0 spiro atoms. The quantitative estimate of drug-likeness (QED) is 0.791. The number of nitrogens with zero attached hydrogens (tertiary/aromatic N) is 2. The molecule has 1 N–H and O–H groups in total. The Hall–Kier alpha value is -1.85. The molecule has 0 saturated heterocycles. The summed E-state index contributed by atoms with van der Waals surface area (Å²) < 4.78 is 5.61. The molecular weight excluding hydrogens is 260 g/mol. The van der Waals surface area contributed by atoms with Gasteiger partial charge in [0.25, 0.3) is 5.22 Å². The van der Waals surface area contributed by atoms with E-state index >= 15 is 0 Å². The third-order valence-electron chi connectivity index (χ3n) is 2.71. The molecule has 3 aromatic rings. The number of aliphatic hydroxyl groups is 1. The number of hydrogen-bond acceptors (Lipinski definition) is 5. The fourth-order valence-corrected chi connectivity index (χ4v) is 2.38. The van der Waals surface area contributed by atoms with Crippen molar-refractivity contribution in [2.24, 2.45) is 0 Å². The van der Waals surface area contributed by atoms with Gasteiger partial charge < -0.3 is 9.52 Å². The van der Waals surface area contributed by atoms with E-state index < -0.39 is 6.10 Å². The van der Waals surface area contributed by atoms with Gasteiger partial charge in [0, 0.05) is 6.20 Å². The Morgan fingerprint density at radius 1 is 1.21 bits per heavy atom. The van der Waals surface area contributed by atoms with Gasteiger partial charge in [-0.2, -0.15) is 0 Å². The highest BCUT2D eigenvalue weighted by atomic mass is 32.2. The summed E-state index contributed by atoms with van der Waals surface area (Å²) in [6.45, 7) is 1.71. The second kappa shape index (κ2) is 5.03. The molecule has 96 valence electrons. The summed E-state index contributed by atoms with van der Waals surface area (Å²) in [7, 11) is 0. The lowest BCUT2D eigenvalue weighted by Crippen LogP contribution is -1.92. The summed E-state index contributed by atoms with van der Waals surface area (Å²) in [5.74, 6) is 0. The standard InChI is InChI=1S/C14H12N2O2S/c1-9(17)10-6-7-13(15-8-10)19-14-16-11-4-2-3-5-12(11)18-14/h2-9,17H,1H3/t9-/m0/s1. The number of aromatic nitrogens is 2. The molecule has 0 fully saturated rings. The summed E-state index contributed by atoms with van der Waals surface area (Å²) in [5.41, 5.74) is 2.40. The van der Waals surface area contributed by atoms with Crippen molar-refractivity contribution in [3.63, 3.8) is 0 Å². The smallest absolute Gasteiger partial charge is 0.263 e. The zero-order chi connectivity index (χ0) is 13.2. The van der Waals surface area contributed by atoms with E-state index in [1.165, 1.54) is 11.8 Å². The minimum atomic E-state index is -0.504. The average molecular weight is 272 g/mol. The van der Waals surface area contributed by atoms with Gasteiger partial charge in [-0.25, -0.2) is 9.97 Å². The molecule has 0 aliphatic rings. The molecule has 2 heterocycles. The Morgan fingerprint density at radius 3 is 2.74 bits per heavy atom. The van der Waals surface area contributed by atoms with Crippen molar-refractivity contribution < 1.29 is 9.52 Å². The van der Waals surface area contributed by atoms with E-state index in [9.17, 15) is 5.11 Å². The monoisotopic (exact) mass is 272 g/mol. The van der Waals surface area contributed by atoms with E-state index in [0.29, 0.717) is 5.22 Å². The van der Waals surface area contributed by atoms with Gasteiger partial charge in [0.05, 0.1) is 6.10 Å². The van der Waals surface area contributed by atoms with Gasteiger partial charge in [0.1, 0.15) is 10.5 Å². The van der Waals surface area contributed by atoms with Crippen LogP contribution in [0.15, 0.2) is 57.3 Å². The maximum absolute atomic E-state index is 9.42. The van der Waals surface area contributed by atoms with Gasteiger partial charge in [-0.3, -0.25) is 0 Å². The predicted octanol–water partition coefficient (Wildman–Crippen LogP) is 3.43. The van der Waals surface area contributed by atoms with Gasteiger partial charge in [0.15, 0.2) is 5.58 Å². The van der Waals surface area contributed by atoms with E-state index in [4.69, 9.17) is 4.42 Å². The molecule has 3 rings (SSSR count). The molecular formula is C14H12N2O2S. The highest BCUT2D eigenvalue weighted by Crippen LogP contribution is 2.28. The highest BCUT2D eigenvalue weighted by molar-refractivity contribution is 7.99. The maximum atomic E-state index is 9.42. The van der Waals surface area contributed by atoms with Crippen LogP contribution in [0.4, 0.5) is 0 Å². The number of aliphatic hydroxyl groups excluding tert-OH is 1. The van der Waals surface area contributed by atoms with Gasteiger partial charge >= 0.3 is 0 Å². The van der Waals surface area contributed by atoms with E-state index in [-0.39, 0.29) is 0 Å². The number of para-hydroxylation sites is 2. The van der Waals surface area contributed by atoms with Crippen LogP contribution >= 0.6 is 11.8 Å². The fourth-order valence-electron chi connectivity index (χ4n) is 1.68. The van der Waals surface area contributed by atoms with Crippen LogP contribution in [0, 0.1) is 0 Å². The summed E-state index contributed by atoms with van der Waals surface area (Å²) >= 11 is 1.36. The van der Waals surface area contributed by atoms with Gasteiger partial charge in [-0.05, 0) is 42.4 Å². The van der Waals surface area contributed by atoms with Crippen molar-refractivity contribution in [3.8, 4) is 0 Å². The molecule has 0 aliphatic carbocycles. The van der Waals surface area contributed by atoms with Crippen LogP contribution in [0.1, 0.15) is 18.6 Å². The molecule has 2 aromatic heterocycles. The number of oxazole rings is 1. The van der Waals surface area contributed by atoms with Crippen molar-refractivity contribution in [3.05, 3.63) is 48.2 Å². The Kier molecular flexibility index (Phi) is 3.23. The third-order valence-corrected chi connectivity index (χ3v) is 3.51. The first-order valence-corrected chi connectivity index (χ1v) is 6.71. The van der Waals surface area contributed by atoms with Crippen molar-refractivity contribution in [2.75, 3.05) is 0 Å². The van der Waals surface area contributed by atoms with E-state index in [2.05, 4.69) is 9.97 Å². The minimum Gasteiger partial charge on any atom is -0.431 e. The summed E-state index contributed by atoms with van der Waals surface area (Å²) in [4.78, 5) is 8.64. The number of fused-ring (bicyclic) bond motifs is 1. The number of benzene rings is 1. The van der Waals surface area contributed by atoms with Crippen LogP contribution < -0.4 is 0 Å². The normalized spacial score (nSPS) is 12.7. The van der Waals surface area contributed by atoms with Crippen LogP contribution in [0.2, 0.25) is 0 Å². The topological polar surface area (TPSA) is 59.2 Å². The molecule has 0 bridgehead atoms. The van der Waals surface area contributed by atoms with Crippen molar-refractivity contribution in [1.29, 1.82) is 0 Å². The first-order chi connectivity index (χ1) is 9.22. The SMILES string of the molecule is C[C@H](O)c1ccc(Sc2nc3ccccc3o2)nc1. The molecule has 4 nitrogen and oxygen atoms in total. The van der Waals surface area contributed by atoms with Crippen molar-refractivity contribution in [1.82, 2.24) is 9.97 Å². The van der Waals surface area contributed by atoms with Crippen molar-refractivity contribution >= 4 is 22.9 Å². The predicted molar refractivity (Wildman–Crippen MR) is 73.0 cm³/mol. The first-order valence-electron chi connectivity index (χ1n) is 5.90. The molecule has 0 aliphatic heterocycles. The molecule has 1 atom stereocenters. The molecule has 19 heavy (non-hydrogen) atoms. The molecule has 0 unspecified atom stereocenters. The Labute approximate surface area is 114 Å². The lowest BCUT2D eigenvalue weighted by Gasteiger charge is -2.03. The van der Waals surface area contributed by atoms with E-state index in [0.717, 1.165) is 21.7 Å². The summed E-state index contributed by atoms with van der Waals surface area (Å²) in [6, 6.07) is 11.3. The number of pyridine rings is 1. The average Bonchev–Trinajstić information content (AvgIpc) is 2.81. The van der Waals surface area contributed by atoms with Crippen LogP contribution in [0.25, 0.3) is 11.1 Å².